The molecule has 0 unspecified atom stereocenters. The topological polar surface area (TPSA) is 101 Å². The molecule has 2 aromatic rings. The van der Waals surface area contributed by atoms with E-state index in [9.17, 15) is 22.0 Å². The van der Waals surface area contributed by atoms with E-state index < -0.39 is 32.5 Å². The lowest BCUT2D eigenvalue weighted by atomic mass is 10.3. The van der Waals surface area contributed by atoms with Crippen molar-refractivity contribution in [2.75, 3.05) is 31.2 Å². The van der Waals surface area contributed by atoms with Crippen LogP contribution in [0.2, 0.25) is 0 Å². The number of benzene rings is 1. The molecule has 1 amide bonds. The Morgan fingerprint density at radius 2 is 1.85 bits per heavy atom. The maximum atomic E-state index is 13.2. The second kappa shape index (κ2) is 7.84. The number of amides is 1. The normalized spacial score (nSPS) is 15.0. The molecule has 1 aromatic carbocycles. The number of ether oxygens (including phenoxy) is 1. The van der Waals surface area contributed by atoms with Crippen molar-refractivity contribution in [1.29, 1.82) is 0 Å². The van der Waals surface area contributed by atoms with Crippen molar-refractivity contribution in [2.24, 2.45) is 0 Å². The highest BCUT2D eigenvalue weighted by Gasteiger charge is 2.22. The molecule has 1 aromatic heterocycles. The Kier molecular flexibility index (Phi) is 5.69. The number of anilines is 1. The molecule has 3 rings (SSSR count). The van der Waals surface area contributed by atoms with Gasteiger partial charge in [-0.1, -0.05) is 11.3 Å². The van der Waals surface area contributed by atoms with Crippen LogP contribution in [-0.2, 0) is 14.8 Å². The fourth-order valence-corrected chi connectivity index (χ4v) is 4.29. The van der Waals surface area contributed by atoms with Crippen LogP contribution in [0.4, 0.5) is 13.9 Å². The molecule has 8 nitrogen and oxygen atoms in total. The largest absolute Gasteiger partial charge is 0.378 e. The molecular formula is C15H16F2N4O4S2. The molecule has 0 spiro atoms. The number of aromatic nitrogens is 1. The van der Waals surface area contributed by atoms with Gasteiger partial charge in [0, 0.05) is 19.2 Å². The Bertz CT molecular complexity index is 938. The molecule has 2 heterocycles. The van der Waals surface area contributed by atoms with E-state index in [-0.39, 0.29) is 4.88 Å². The number of aryl methyl sites for hydroxylation is 1. The molecule has 1 aliphatic rings. The van der Waals surface area contributed by atoms with Crippen molar-refractivity contribution < 1.29 is 26.7 Å². The van der Waals surface area contributed by atoms with E-state index in [4.69, 9.17) is 4.74 Å². The molecule has 0 radical (unpaired) electrons. The summed E-state index contributed by atoms with van der Waals surface area (Å²) in [7, 11) is -4.34. The van der Waals surface area contributed by atoms with Gasteiger partial charge >= 0.3 is 0 Å². The number of hydrogen-bond acceptors (Lipinski definition) is 7. The van der Waals surface area contributed by atoms with E-state index in [2.05, 4.69) is 4.98 Å². The van der Waals surface area contributed by atoms with Crippen LogP contribution in [0.15, 0.2) is 23.1 Å². The lowest BCUT2D eigenvalue weighted by Gasteiger charge is -2.25. The van der Waals surface area contributed by atoms with Gasteiger partial charge in [-0.2, -0.15) is 0 Å². The summed E-state index contributed by atoms with van der Waals surface area (Å²) in [5, 5.41) is 0.635. The quantitative estimate of drug-likeness (QED) is 0.708. The van der Waals surface area contributed by atoms with Crippen molar-refractivity contribution >= 4 is 32.4 Å². The Morgan fingerprint density at radius 3 is 2.48 bits per heavy atom. The van der Waals surface area contributed by atoms with Crippen molar-refractivity contribution in [3.63, 3.8) is 0 Å². The van der Waals surface area contributed by atoms with E-state index in [1.54, 1.807) is 6.92 Å². The highest BCUT2D eigenvalue weighted by Crippen LogP contribution is 2.26. The minimum Gasteiger partial charge on any atom is -0.378 e. The minimum atomic E-state index is -4.34. The average molecular weight is 418 g/mol. The zero-order valence-corrected chi connectivity index (χ0v) is 15.8. The first-order valence-electron chi connectivity index (χ1n) is 7.84. The van der Waals surface area contributed by atoms with Crippen LogP contribution < -0.4 is 15.2 Å². The number of thiazole rings is 1. The monoisotopic (exact) mass is 418 g/mol. The van der Waals surface area contributed by atoms with Gasteiger partial charge < -0.3 is 9.64 Å². The Balaban J connectivity index is 1.71. The highest BCUT2D eigenvalue weighted by molar-refractivity contribution is 7.89. The molecule has 1 fully saturated rings. The first-order valence-corrected chi connectivity index (χ1v) is 10.1. The molecule has 0 saturated carbocycles. The summed E-state index contributed by atoms with van der Waals surface area (Å²) >= 11 is 1.12. The van der Waals surface area contributed by atoms with E-state index in [1.165, 1.54) is 0 Å². The predicted molar refractivity (Wildman–Crippen MR) is 94.0 cm³/mol. The standard InChI is InChI=1S/C15H16F2N4O4S2/c1-9-13(26-15(18-9)21-2-4-25-5-3-21)14(22)19-20-27(23,24)12-7-10(16)6-11(17)8-12/h6-8,20H,2-5H2,1H3,(H,19,22). The number of rotatable bonds is 5. The third kappa shape index (κ3) is 4.58. The van der Waals surface area contributed by atoms with Crippen LogP contribution in [0.3, 0.4) is 0 Å². The lowest BCUT2D eigenvalue weighted by Crippen LogP contribution is -2.41. The van der Waals surface area contributed by atoms with Gasteiger partial charge in [-0.15, -0.1) is 4.83 Å². The first kappa shape index (κ1) is 19.6. The predicted octanol–water partition coefficient (Wildman–Crippen LogP) is 1.19. The number of morpholine rings is 1. The summed E-state index contributed by atoms with van der Waals surface area (Å²) < 4.78 is 55.9. The van der Waals surface area contributed by atoms with E-state index in [0.29, 0.717) is 55.3 Å². The molecule has 2 N–H and O–H groups in total. The molecule has 1 saturated heterocycles. The van der Waals surface area contributed by atoms with Crippen LogP contribution in [0.5, 0.6) is 0 Å². The summed E-state index contributed by atoms with van der Waals surface area (Å²) in [4.78, 5) is 20.0. The SMILES string of the molecule is Cc1nc(N2CCOCC2)sc1C(=O)NNS(=O)(=O)c1cc(F)cc(F)c1. The number of sulfonamides is 1. The molecule has 27 heavy (non-hydrogen) atoms. The molecule has 0 bridgehead atoms. The van der Waals surface area contributed by atoms with Crippen molar-refractivity contribution in [1.82, 2.24) is 15.2 Å². The van der Waals surface area contributed by atoms with Gasteiger partial charge in [-0.3, -0.25) is 10.2 Å². The molecule has 0 atom stereocenters. The van der Waals surface area contributed by atoms with Gasteiger partial charge in [0.1, 0.15) is 16.5 Å². The number of carbonyl (C=O) groups is 1. The Morgan fingerprint density at radius 1 is 1.22 bits per heavy atom. The minimum absolute atomic E-state index is 0.226. The maximum absolute atomic E-state index is 13.2. The molecule has 0 aliphatic carbocycles. The second-order valence-corrected chi connectivity index (χ2v) is 8.34. The van der Waals surface area contributed by atoms with Gasteiger partial charge in [-0.05, 0) is 19.1 Å². The smallest absolute Gasteiger partial charge is 0.278 e. The number of nitrogens with zero attached hydrogens (tertiary/aromatic N) is 2. The van der Waals surface area contributed by atoms with Gasteiger partial charge in [0.15, 0.2) is 5.13 Å². The summed E-state index contributed by atoms with van der Waals surface area (Å²) in [6.45, 7) is 4.04. The van der Waals surface area contributed by atoms with Crippen molar-refractivity contribution in [3.8, 4) is 0 Å². The fraction of sp³-hybridized carbons (Fsp3) is 0.333. The zero-order valence-electron chi connectivity index (χ0n) is 14.2. The van der Waals surface area contributed by atoms with Gasteiger partial charge in [0.25, 0.3) is 15.9 Å². The van der Waals surface area contributed by atoms with E-state index >= 15 is 0 Å². The molecular weight excluding hydrogens is 402 g/mol. The third-order valence-corrected chi connectivity index (χ3v) is 6.16. The van der Waals surface area contributed by atoms with Crippen LogP contribution in [0.25, 0.3) is 0 Å². The van der Waals surface area contributed by atoms with Crippen LogP contribution in [0, 0.1) is 18.6 Å². The van der Waals surface area contributed by atoms with E-state index in [0.717, 1.165) is 11.3 Å². The Labute approximate surface area is 158 Å². The third-order valence-electron chi connectivity index (χ3n) is 3.72. The number of halogens is 2. The number of carbonyl (C=O) groups excluding carboxylic acids is 1. The molecule has 146 valence electrons. The van der Waals surface area contributed by atoms with Crippen molar-refractivity contribution in [3.05, 3.63) is 40.4 Å². The van der Waals surface area contributed by atoms with Crippen molar-refractivity contribution in [2.45, 2.75) is 11.8 Å². The second-order valence-electron chi connectivity index (χ2n) is 5.68. The van der Waals surface area contributed by atoms with E-state index in [1.807, 2.05) is 15.2 Å². The summed E-state index contributed by atoms with van der Waals surface area (Å²) in [5.74, 6) is -2.81. The number of hydrogen-bond donors (Lipinski definition) is 2. The van der Waals surface area contributed by atoms with Gasteiger partial charge in [-0.25, -0.2) is 22.2 Å². The van der Waals surface area contributed by atoms with Gasteiger partial charge in [0.05, 0.1) is 23.8 Å². The number of nitrogens with one attached hydrogen (secondary N) is 2. The number of hydrazine groups is 1. The summed E-state index contributed by atoms with van der Waals surface area (Å²) in [5.41, 5.74) is 2.48. The summed E-state index contributed by atoms with van der Waals surface area (Å²) in [6, 6.07) is 1.84. The summed E-state index contributed by atoms with van der Waals surface area (Å²) in [6.07, 6.45) is 0. The lowest BCUT2D eigenvalue weighted by molar-refractivity contribution is 0.0948. The fourth-order valence-electron chi connectivity index (χ4n) is 2.40. The zero-order chi connectivity index (χ0) is 19.6. The van der Waals surface area contributed by atoms with Crippen LogP contribution >= 0.6 is 11.3 Å². The molecule has 1 aliphatic heterocycles. The maximum Gasteiger partial charge on any atom is 0.278 e. The molecule has 12 heteroatoms. The first-order chi connectivity index (χ1) is 12.8. The Hall–Kier alpha value is -2.15. The van der Waals surface area contributed by atoms with Crippen LogP contribution in [0.1, 0.15) is 15.4 Å². The average Bonchev–Trinajstić information content (AvgIpc) is 3.01. The van der Waals surface area contributed by atoms with Crippen LogP contribution in [-0.4, -0.2) is 45.6 Å². The van der Waals surface area contributed by atoms with Gasteiger partial charge in [0.2, 0.25) is 0 Å². The highest BCUT2D eigenvalue weighted by atomic mass is 32.2.